The predicted octanol–water partition coefficient (Wildman–Crippen LogP) is 2.08. The van der Waals surface area contributed by atoms with E-state index in [-0.39, 0.29) is 16.3 Å². The Hall–Kier alpha value is -3.33. The molecule has 134 valence electrons. The molecule has 8 nitrogen and oxygen atoms in total. The maximum absolute atomic E-state index is 12.3. The van der Waals surface area contributed by atoms with Gasteiger partial charge in [-0.2, -0.15) is 8.42 Å². The van der Waals surface area contributed by atoms with Crippen LogP contribution in [0.25, 0.3) is 0 Å². The Kier molecular flexibility index (Phi) is 4.63. The number of nitrogens with zero attached hydrogens (tertiary/aromatic N) is 2. The van der Waals surface area contributed by atoms with Crippen LogP contribution < -0.4 is 14.7 Å². The lowest BCUT2D eigenvalue weighted by atomic mass is 10.3. The zero-order valence-electron chi connectivity index (χ0n) is 13.7. The van der Waals surface area contributed by atoms with E-state index in [1.165, 1.54) is 29.9 Å². The minimum absolute atomic E-state index is 0.0614. The summed E-state index contributed by atoms with van der Waals surface area (Å²) in [5, 5.41) is 0. The van der Waals surface area contributed by atoms with E-state index in [9.17, 15) is 13.2 Å². The molecule has 2 N–H and O–H groups in total. The molecule has 1 aromatic carbocycles. The molecule has 1 amide bonds. The van der Waals surface area contributed by atoms with Crippen molar-refractivity contribution in [2.24, 2.45) is 12.8 Å². The van der Waals surface area contributed by atoms with Gasteiger partial charge >= 0.3 is 10.1 Å². The summed E-state index contributed by atoms with van der Waals surface area (Å²) in [5.74, 6) is 0.258. The second-order valence-corrected chi connectivity index (χ2v) is 6.86. The predicted molar refractivity (Wildman–Crippen MR) is 92.5 cm³/mol. The largest absolute Gasteiger partial charge is 0.439 e. The molecule has 3 rings (SSSR count). The van der Waals surface area contributed by atoms with Crippen molar-refractivity contribution in [1.29, 1.82) is 0 Å². The Morgan fingerprint density at radius 2 is 1.81 bits per heavy atom. The van der Waals surface area contributed by atoms with Crippen LogP contribution in [0.2, 0.25) is 0 Å². The van der Waals surface area contributed by atoms with Gasteiger partial charge in [0.25, 0.3) is 5.91 Å². The van der Waals surface area contributed by atoms with Crippen molar-refractivity contribution >= 4 is 16.0 Å². The third-order valence-electron chi connectivity index (χ3n) is 3.41. The second-order valence-electron chi connectivity index (χ2n) is 5.32. The Labute approximate surface area is 149 Å². The fourth-order valence-corrected chi connectivity index (χ4v) is 3.19. The Morgan fingerprint density at radius 1 is 1.12 bits per heavy atom. The van der Waals surface area contributed by atoms with Crippen molar-refractivity contribution in [3.8, 4) is 17.4 Å². The van der Waals surface area contributed by atoms with Gasteiger partial charge in [0.1, 0.15) is 22.1 Å². The molecule has 0 aliphatic heterocycles. The Balaban J connectivity index is 1.76. The summed E-state index contributed by atoms with van der Waals surface area (Å²) in [6.45, 7) is 0. The molecular formula is C17H15N3O5S. The van der Waals surface area contributed by atoms with Crippen LogP contribution in [0.5, 0.6) is 17.4 Å². The third kappa shape index (κ3) is 3.83. The van der Waals surface area contributed by atoms with Gasteiger partial charge in [0.15, 0.2) is 0 Å². The van der Waals surface area contributed by atoms with Crippen molar-refractivity contribution in [3.05, 3.63) is 66.6 Å². The number of primary amides is 1. The molecule has 9 heteroatoms. The van der Waals surface area contributed by atoms with Gasteiger partial charge in [-0.1, -0.05) is 6.07 Å². The molecule has 2 heterocycles. The van der Waals surface area contributed by atoms with Crippen LogP contribution >= 0.6 is 0 Å². The molecule has 0 spiro atoms. The number of carbonyl (C=O) groups excluding carboxylic acids is 1. The SMILES string of the molecule is Cn1cc(S(=O)(=O)Oc2ccc(Oc3ccccn3)cc2)cc1C(N)=O. The first kappa shape index (κ1) is 17.5. The average molecular weight is 373 g/mol. The number of hydrogen-bond acceptors (Lipinski definition) is 6. The highest BCUT2D eigenvalue weighted by molar-refractivity contribution is 7.87. The molecule has 0 fully saturated rings. The lowest BCUT2D eigenvalue weighted by Gasteiger charge is -2.07. The number of rotatable bonds is 6. The number of pyridine rings is 1. The highest BCUT2D eigenvalue weighted by Gasteiger charge is 2.21. The number of amides is 1. The van der Waals surface area contributed by atoms with Crippen LogP contribution in [0.15, 0.2) is 65.8 Å². The van der Waals surface area contributed by atoms with E-state index >= 15 is 0 Å². The quantitative estimate of drug-likeness (QED) is 0.662. The minimum Gasteiger partial charge on any atom is -0.439 e. The van der Waals surface area contributed by atoms with Crippen LogP contribution in [0.4, 0.5) is 0 Å². The smallest absolute Gasteiger partial charge is 0.340 e. The average Bonchev–Trinajstić information content (AvgIpc) is 3.00. The summed E-state index contributed by atoms with van der Waals surface area (Å²) in [5.41, 5.74) is 5.25. The molecule has 0 atom stereocenters. The first-order valence-electron chi connectivity index (χ1n) is 7.45. The zero-order valence-corrected chi connectivity index (χ0v) is 14.5. The molecule has 0 aliphatic carbocycles. The normalized spacial score (nSPS) is 11.1. The van der Waals surface area contributed by atoms with E-state index in [4.69, 9.17) is 14.7 Å². The van der Waals surface area contributed by atoms with Gasteiger partial charge in [-0.3, -0.25) is 4.79 Å². The van der Waals surface area contributed by atoms with Crippen molar-refractivity contribution in [3.63, 3.8) is 0 Å². The topological polar surface area (TPSA) is 114 Å². The van der Waals surface area contributed by atoms with Gasteiger partial charge in [0.05, 0.1) is 0 Å². The van der Waals surface area contributed by atoms with Gasteiger partial charge in [-0.05, 0) is 36.4 Å². The number of aryl methyl sites for hydroxylation is 1. The first-order valence-corrected chi connectivity index (χ1v) is 8.85. The summed E-state index contributed by atoms with van der Waals surface area (Å²) in [6, 6.07) is 12.4. The molecule has 0 aliphatic rings. The Morgan fingerprint density at radius 3 is 2.38 bits per heavy atom. The van der Waals surface area contributed by atoms with E-state index in [2.05, 4.69) is 4.98 Å². The minimum atomic E-state index is -4.10. The maximum Gasteiger partial charge on any atom is 0.340 e. The number of hydrogen-bond donors (Lipinski definition) is 1. The standard InChI is InChI=1S/C17H15N3O5S/c1-20-11-14(10-15(20)17(18)21)26(22,23)25-13-7-5-12(6-8-13)24-16-4-2-3-9-19-16/h2-11H,1H3,(H2,18,21). The van der Waals surface area contributed by atoms with Crippen LogP contribution in [-0.2, 0) is 17.2 Å². The fraction of sp³-hybridized carbons (Fsp3) is 0.0588. The van der Waals surface area contributed by atoms with E-state index in [1.54, 1.807) is 36.5 Å². The molecule has 0 saturated carbocycles. The van der Waals surface area contributed by atoms with Crippen LogP contribution in [0.1, 0.15) is 10.5 Å². The van der Waals surface area contributed by atoms with Crippen LogP contribution in [-0.4, -0.2) is 23.9 Å². The maximum atomic E-state index is 12.3. The van der Waals surface area contributed by atoms with Crippen molar-refractivity contribution < 1.29 is 22.1 Å². The Bertz CT molecular complexity index is 1030. The van der Waals surface area contributed by atoms with Crippen molar-refractivity contribution in [1.82, 2.24) is 9.55 Å². The summed E-state index contributed by atoms with van der Waals surface area (Å²) < 4.78 is 36.6. The lowest BCUT2D eigenvalue weighted by molar-refractivity contribution is 0.0992. The highest BCUT2D eigenvalue weighted by atomic mass is 32.2. The summed E-state index contributed by atoms with van der Waals surface area (Å²) in [7, 11) is -2.59. The van der Waals surface area contributed by atoms with Gasteiger partial charge in [0.2, 0.25) is 5.88 Å². The van der Waals surface area contributed by atoms with Crippen molar-refractivity contribution in [2.45, 2.75) is 4.90 Å². The first-order chi connectivity index (χ1) is 12.3. The molecule has 3 aromatic rings. The van der Waals surface area contributed by atoms with Gasteiger partial charge in [-0.25, -0.2) is 4.98 Å². The van der Waals surface area contributed by atoms with Crippen LogP contribution in [0, 0.1) is 0 Å². The number of aromatic nitrogens is 2. The monoisotopic (exact) mass is 373 g/mol. The number of benzene rings is 1. The molecule has 0 saturated heterocycles. The zero-order chi connectivity index (χ0) is 18.7. The fourth-order valence-electron chi connectivity index (χ4n) is 2.18. The molecular weight excluding hydrogens is 358 g/mol. The van der Waals surface area contributed by atoms with Gasteiger partial charge in [-0.15, -0.1) is 0 Å². The summed E-state index contributed by atoms with van der Waals surface area (Å²) in [6.07, 6.45) is 2.85. The summed E-state index contributed by atoms with van der Waals surface area (Å²) >= 11 is 0. The third-order valence-corrected chi connectivity index (χ3v) is 4.62. The molecule has 0 unspecified atom stereocenters. The number of nitrogens with two attached hydrogens (primary N) is 1. The number of carbonyl (C=O) groups is 1. The summed E-state index contributed by atoms with van der Waals surface area (Å²) in [4.78, 5) is 15.1. The van der Waals surface area contributed by atoms with Crippen molar-refractivity contribution in [2.75, 3.05) is 0 Å². The van der Waals surface area contributed by atoms with E-state index < -0.39 is 16.0 Å². The van der Waals surface area contributed by atoms with Gasteiger partial charge in [0, 0.05) is 25.5 Å². The lowest BCUT2D eigenvalue weighted by Crippen LogP contribution is -2.14. The van der Waals surface area contributed by atoms with Crippen LogP contribution in [0.3, 0.4) is 0 Å². The second kappa shape index (κ2) is 6.89. The molecule has 26 heavy (non-hydrogen) atoms. The van der Waals surface area contributed by atoms with E-state index in [0.29, 0.717) is 11.6 Å². The molecule has 0 bridgehead atoms. The van der Waals surface area contributed by atoms with E-state index in [1.807, 2.05) is 0 Å². The number of ether oxygens (including phenoxy) is 1. The molecule has 0 radical (unpaired) electrons. The van der Waals surface area contributed by atoms with Gasteiger partial charge < -0.3 is 19.2 Å². The highest BCUT2D eigenvalue weighted by Crippen LogP contribution is 2.25. The van der Waals surface area contributed by atoms with E-state index in [0.717, 1.165) is 6.07 Å². The molecule has 2 aromatic heterocycles.